The second kappa shape index (κ2) is 7.24. The average Bonchev–Trinajstić information content (AvgIpc) is 2.99. The lowest BCUT2D eigenvalue weighted by Crippen LogP contribution is -2.25. The van der Waals surface area contributed by atoms with Gasteiger partial charge in [-0.2, -0.15) is 0 Å². The number of nitrogens with one attached hydrogen (secondary N) is 1. The second-order valence-corrected chi connectivity index (χ2v) is 4.36. The molecule has 1 fully saturated rings. The Hall–Kier alpha value is -0.0800. The summed E-state index contributed by atoms with van der Waals surface area (Å²) in [6, 6.07) is 0. The van der Waals surface area contributed by atoms with Crippen molar-refractivity contribution in [3.05, 3.63) is 0 Å². The molecule has 0 aromatic heterocycles. The lowest BCUT2D eigenvalue weighted by atomic mass is 10.0. The van der Waals surface area contributed by atoms with Gasteiger partial charge in [0.05, 0.1) is 0 Å². The lowest BCUT2D eigenvalue weighted by Gasteiger charge is -2.15. The molecule has 84 valence electrons. The molecule has 0 saturated heterocycles. The largest absolute Gasteiger partial charge is 0.382 e. The summed E-state index contributed by atoms with van der Waals surface area (Å²) in [5, 5.41) is 3.57. The summed E-state index contributed by atoms with van der Waals surface area (Å²) in [7, 11) is 0. The molecule has 1 N–H and O–H groups in total. The Labute approximate surface area is 88.4 Å². The van der Waals surface area contributed by atoms with Gasteiger partial charge >= 0.3 is 0 Å². The van der Waals surface area contributed by atoms with Crippen molar-refractivity contribution < 1.29 is 4.74 Å². The van der Waals surface area contributed by atoms with E-state index in [9.17, 15) is 0 Å². The maximum absolute atomic E-state index is 5.38. The maximum Gasteiger partial charge on any atom is 0.0469 e. The standard InChI is InChI=1S/C12H25NO/c1-3-11(7-8-14-4-2)9-13-10-12-5-6-12/h11-13H,3-10H2,1-2H3/t11-/m0/s1. The first kappa shape index (κ1) is 12.0. The highest BCUT2D eigenvalue weighted by Crippen LogP contribution is 2.27. The molecule has 2 heteroatoms. The van der Waals surface area contributed by atoms with Gasteiger partial charge in [0.2, 0.25) is 0 Å². The molecule has 0 aliphatic heterocycles. The Balaban J connectivity index is 1.92. The third kappa shape index (κ3) is 5.61. The number of hydrogen-bond acceptors (Lipinski definition) is 2. The quantitative estimate of drug-likeness (QED) is 0.576. The fraction of sp³-hybridized carbons (Fsp3) is 1.00. The molecule has 0 amide bonds. The number of hydrogen-bond donors (Lipinski definition) is 1. The summed E-state index contributed by atoms with van der Waals surface area (Å²) >= 11 is 0. The minimum Gasteiger partial charge on any atom is -0.382 e. The topological polar surface area (TPSA) is 21.3 Å². The van der Waals surface area contributed by atoms with Crippen LogP contribution in [0.15, 0.2) is 0 Å². The van der Waals surface area contributed by atoms with Crippen LogP contribution in [-0.4, -0.2) is 26.3 Å². The van der Waals surface area contributed by atoms with E-state index in [1.54, 1.807) is 0 Å². The van der Waals surface area contributed by atoms with E-state index in [4.69, 9.17) is 4.74 Å². The summed E-state index contributed by atoms with van der Waals surface area (Å²) < 4.78 is 5.38. The first-order chi connectivity index (χ1) is 6.86. The predicted molar refractivity (Wildman–Crippen MR) is 60.5 cm³/mol. The highest BCUT2D eigenvalue weighted by atomic mass is 16.5. The van der Waals surface area contributed by atoms with Gasteiger partial charge in [-0.3, -0.25) is 0 Å². The number of rotatable bonds is 9. The van der Waals surface area contributed by atoms with Crippen LogP contribution in [0.2, 0.25) is 0 Å². The summed E-state index contributed by atoms with van der Waals surface area (Å²) in [6.45, 7) is 8.54. The van der Waals surface area contributed by atoms with Crippen molar-refractivity contribution in [1.29, 1.82) is 0 Å². The molecule has 1 atom stereocenters. The molecule has 0 aromatic rings. The molecule has 1 saturated carbocycles. The van der Waals surface area contributed by atoms with E-state index in [-0.39, 0.29) is 0 Å². The molecular weight excluding hydrogens is 174 g/mol. The van der Waals surface area contributed by atoms with Crippen molar-refractivity contribution in [3.63, 3.8) is 0 Å². The molecular formula is C12H25NO. The van der Waals surface area contributed by atoms with Gasteiger partial charge in [0.25, 0.3) is 0 Å². The van der Waals surface area contributed by atoms with Crippen molar-refractivity contribution in [2.24, 2.45) is 11.8 Å². The minimum absolute atomic E-state index is 0.806. The molecule has 2 nitrogen and oxygen atoms in total. The van der Waals surface area contributed by atoms with Crippen LogP contribution in [0.4, 0.5) is 0 Å². The highest BCUT2D eigenvalue weighted by Gasteiger charge is 2.20. The second-order valence-electron chi connectivity index (χ2n) is 4.36. The lowest BCUT2D eigenvalue weighted by molar-refractivity contribution is 0.131. The molecule has 0 spiro atoms. The third-order valence-corrected chi connectivity index (χ3v) is 3.01. The van der Waals surface area contributed by atoms with Crippen molar-refractivity contribution in [2.45, 2.75) is 39.5 Å². The van der Waals surface area contributed by atoms with Crippen molar-refractivity contribution in [3.8, 4) is 0 Å². The molecule has 14 heavy (non-hydrogen) atoms. The Morgan fingerprint density at radius 1 is 1.36 bits per heavy atom. The molecule has 1 aliphatic rings. The van der Waals surface area contributed by atoms with Crippen molar-refractivity contribution in [1.82, 2.24) is 5.32 Å². The Morgan fingerprint density at radius 2 is 2.14 bits per heavy atom. The highest BCUT2D eigenvalue weighted by molar-refractivity contribution is 4.75. The van der Waals surface area contributed by atoms with Crippen LogP contribution in [0.25, 0.3) is 0 Å². The molecule has 0 bridgehead atoms. The van der Waals surface area contributed by atoms with Gasteiger partial charge in [-0.25, -0.2) is 0 Å². The molecule has 1 aliphatic carbocycles. The van der Waals surface area contributed by atoms with E-state index in [2.05, 4.69) is 19.2 Å². The first-order valence-electron chi connectivity index (χ1n) is 6.15. The van der Waals surface area contributed by atoms with Crippen LogP contribution in [0.3, 0.4) is 0 Å². The van der Waals surface area contributed by atoms with E-state index in [1.807, 2.05) is 0 Å². The smallest absolute Gasteiger partial charge is 0.0469 e. The SMILES string of the molecule is CCOCC[C@H](CC)CNCC1CC1. The molecule has 0 heterocycles. The minimum atomic E-state index is 0.806. The average molecular weight is 199 g/mol. The zero-order valence-corrected chi connectivity index (χ0v) is 9.72. The van der Waals surface area contributed by atoms with Crippen molar-refractivity contribution in [2.75, 3.05) is 26.3 Å². The molecule has 1 rings (SSSR count). The van der Waals surface area contributed by atoms with Crippen LogP contribution in [-0.2, 0) is 4.74 Å². The normalized spacial score (nSPS) is 18.4. The first-order valence-corrected chi connectivity index (χ1v) is 6.15. The maximum atomic E-state index is 5.38. The Morgan fingerprint density at radius 3 is 2.71 bits per heavy atom. The zero-order valence-electron chi connectivity index (χ0n) is 9.72. The van der Waals surface area contributed by atoms with Gasteiger partial charge in [-0.05, 0) is 51.1 Å². The van der Waals surface area contributed by atoms with Gasteiger partial charge in [0, 0.05) is 13.2 Å². The van der Waals surface area contributed by atoms with Gasteiger partial charge in [0.15, 0.2) is 0 Å². The number of ether oxygens (including phenoxy) is 1. The Kier molecular flexibility index (Phi) is 6.20. The third-order valence-electron chi connectivity index (χ3n) is 3.01. The van der Waals surface area contributed by atoms with Crippen molar-refractivity contribution >= 4 is 0 Å². The monoisotopic (exact) mass is 199 g/mol. The molecule has 0 unspecified atom stereocenters. The van der Waals surface area contributed by atoms with E-state index in [0.29, 0.717) is 0 Å². The van der Waals surface area contributed by atoms with E-state index in [0.717, 1.165) is 25.0 Å². The van der Waals surface area contributed by atoms with E-state index < -0.39 is 0 Å². The summed E-state index contributed by atoms with van der Waals surface area (Å²) in [4.78, 5) is 0. The van der Waals surface area contributed by atoms with Gasteiger partial charge in [-0.1, -0.05) is 13.3 Å². The van der Waals surface area contributed by atoms with Crippen LogP contribution >= 0.6 is 0 Å². The predicted octanol–water partition coefficient (Wildman–Crippen LogP) is 2.44. The van der Waals surface area contributed by atoms with Gasteiger partial charge < -0.3 is 10.1 Å². The fourth-order valence-electron chi connectivity index (χ4n) is 1.66. The van der Waals surface area contributed by atoms with Gasteiger partial charge in [-0.15, -0.1) is 0 Å². The van der Waals surface area contributed by atoms with Crippen LogP contribution in [0.5, 0.6) is 0 Å². The zero-order chi connectivity index (χ0) is 10.2. The van der Waals surface area contributed by atoms with Gasteiger partial charge in [0.1, 0.15) is 0 Å². The fourth-order valence-corrected chi connectivity index (χ4v) is 1.66. The summed E-state index contributed by atoms with van der Waals surface area (Å²) in [5.41, 5.74) is 0. The van der Waals surface area contributed by atoms with E-state index in [1.165, 1.54) is 38.8 Å². The molecule has 0 aromatic carbocycles. The Bertz CT molecular complexity index is 134. The summed E-state index contributed by atoms with van der Waals surface area (Å²) in [5.74, 6) is 1.81. The molecule has 0 radical (unpaired) electrons. The van der Waals surface area contributed by atoms with Crippen LogP contribution in [0, 0.1) is 11.8 Å². The van der Waals surface area contributed by atoms with E-state index >= 15 is 0 Å². The van der Waals surface area contributed by atoms with Crippen LogP contribution < -0.4 is 5.32 Å². The van der Waals surface area contributed by atoms with Crippen LogP contribution in [0.1, 0.15) is 39.5 Å². The summed E-state index contributed by atoms with van der Waals surface area (Å²) in [6.07, 6.45) is 5.37.